The monoisotopic (exact) mass is 190 g/mol. The molecular weight excluding hydrogens is 176 g/mol. The zero-order valence-electron chi connectivity index (χ0n) is 8.54. The van der Waals surface area contributed by atoms with E-state index in [2.05, 4.69) is 19.1 Å². The molecule has 2 nitrogen and oxygen atoms in total. The van der Waals surface area contributed by atoms with Crippen molar-refractivity contribution >= 4 is 5.97 Å². The molecule has 0 fully saturated rings. The molecular formula is C12H14O2. The maximum atomic E-state index is 10.5. The summed E-state index contributed by atoms with van der Waals surface area (Å²) in [5, 5.41) is 0. The van der Waals surface area contributed by atoms with Crippen LogP contribution in [-0.2, 0) is 9.53 Å². The van der Waals surface area contributed by atoms with E-state index >= 15 is 0 Å². The number of benzene rings is 1. The van der Waals surface area contributed by atoms with E-state index in [1.165, 1.54) is 6.92 Å². The quantitative estimate of drug-likeness (QED) is 0.681. The Hall–Kier alpha value is -1.31. The summed E-state index contributed by atoms with van der Waals surface area (Å²) in [5.74, 6) is 0.145. The molecule has 1 aromatic rings. The van der Waals surface area contributed by atoms with E-state index in [1.54, 1.807) is 6.07 Å². The Kier molecular flexibility index (Phi) is 4.17. The number of esters is 1. The number of ether oxygens (including phenoxy) is 1. The molecule has 0 heterocycles. The summed E-state index contributed by atoms with van der Waals surface area (Å²) in [6, 6.07) is 11.7. The van der Waals surface area contributed by atoms with Crippen LogP contribution in [0.3, 0.4) is 0 Å². The highest BCUT2D eigenvalue weighted by Gasteiger charge is 2.05. The van der Waals surface area contributed by atoms with Crippen LogP contribution in [0.2, 0.25) is 0 Å². The van der Waals surface area contributed by atoms with Crippen molar-refractivity contribution in [2.45, 2.75) is 26.2 Å². The molecule has 2 radical (unpaired) electrons. The van der Waals surface area contributed by atoms with Crippen molar-refractivity contribution < 1.29 is 9.53 Å². The summed E-state index contributed by atoms with van der Waals surface area (Å²) in [4.78, 5) is 10.5. The minimum atomic E-state index is -0.220. The molecule has 1 unspecified atom stereocenters. The van der Waals surface area contributed by atoms with Gasteiger partial charge in [0, 0.05) is 6.92 Å². The standard InChI is InChI=1S/C12H14O2/c1-10(8-9-14-11(2)13)12-6-4-3-5-7-12/h4-6,10H,8-9H2,1-2H3. The van der Waals surface area contributed by atoms with Gasteiger partial charge in [-0.2, -0.15) is 0 Å². The third-order valence-electron chi connectivity index (χ3n) is 2.07. The molecule has 2 heteroatoms. The second-order valence-corrected chi connectivity index (χ2v) is 3.27. The molecule has 0 amide bonds. The Morgan fingerprint density at radius 1 is 1.64 bits per heavy atom. The van der Waals surface area contributed by atoms with Crippen molar-refractivity contribution in [3.05, 3.63) is 35.9 Å². The van der Waals surface area contributed by atoms with Gasteiger partial charge in [-0.3, -0.25) is 4.79 Å². The van der Waals surface area contributed by atoms with E-state index in [4.69, 9.17) is 4.74 Å². The highest BCUT2D eigenvalue weighted by Crippen LogP contribution is 2.17. The number of hydrogen-bond donors (Lipinski definition) is 0. The van der Waals surface area contributed by atoms with Crippen LogP contribution in [0.5, 0.6) is 0 Å². The van der Waals surface area contributed by atoms with Gasteiger partial charge >= 0.3 is 5.97 Å². The van der Waals surface area contributed by atoms with Crippen LogP contribution >= 0.6 is 0 Å². The molecule has 0 aliphatic rings. The summed E-state index contributed by atoms with van der Waals surface area (Å²) in [5.41, 5.74) is 1.14. The SMILES string of the molecule is CC(=O)OCCC(C)c1[c]c[c]cc1. The molecule has 0 aromatic heterocycles. The van der Waals surface area contributed by atoms with Gasteiger partial charge in [0.25, 0.3) is 0 Å². The molecule has 1 rings (SSSR count). The molecule has 0 saturated heterocycles. The first-order valence-corrected chi connectivity index (χ1v) is 4.71. The zero-order valence-corrected chi connectivity index (χ0v) is 8.54. The summed E-state index contributed by atoms with van der Waals surface area (Å²) in [6.07, 6.45) is 0.833. The van der Waals surface area contributed by atoms with Crippen LogP contribution in [0.1, 0.15) is 31.7 Å². The van der Waals surface area contributed by atoms with Crippen molar-refractivity contribution in [3.8, 4) is 0 Å². The first-order valence-electron chi connectivity index (χ1n) is 4.71. The molecule has 74 valence electrons. The summed E-state index contributed by atoms with van der Waals surface area (Å²) < 4.78 is 4.87. The van der Waals surface area contributed by atoms with Gasteiger partial charge in [0.2, 0.25) is 0 Å². The lowest BCUT2D eigenvalue weighted by Gasteiger charge is -2.10. The third kappa shape index (κ3) is 3.60. The topological polar surface area (TPSA) is 26.3 Å². The minimum absolute atomic E-state index is 0.220. The Morgan fingerprint density at radius 2 is 2.43 bits per heavy atom. The van der Waals surface area contributed by atoms with Crippen molar-refractivity contribution in [1.29, 1.82) is 0 Å². The van der Waals surface area contributed by atoms with E-state index in [0.29, 0.717) is 12.5 Å². The maximum Gasteiger partial charge on any atom is 0.302 e. The summed E-state index contributed by atoms with van der Waals surface area (Å²) in [6.45, 7) is 3.99. The first-order chi connectivity index (χ1) is 6.70. The molecule has 0 bridgehead atoms. The van der Waals surface area contributed by atoms with Gasteiger partial charge in [-0.25, -0.2) is 0 Å². The molecule has 0 aliphatic carbocycles. The molecule has 1 atom stereocenters. The van der Waals surface area contributed by atoms with Crippen molar-refractivity contribution in [2.75, 3.05) is 6.61 Å². The highest BCUT2D eigenvalue weighted by atomic mass is 16.5. The lowest BCUT2D eigenvalue weighted by atomic mass is 9.98. The largest absolute Gasteiger partial charge is 0.466 e. The summed E-state index contributed by atoms with van der Waals surface area (Å²) >= 11 is 0. The van der Waals surface area contributed by atoms with Gasteiger partial charge in [0.05, 0.1) is 6.61 Å². The van der Waals surface area contributed by atoms with Crippen molar-refractivity contribution in [1.82, 2.24) is 0 Å². The molecule has 0 N–H and O–H groups in total. The number of rotatable bonds is 4. The highest BCUT2D eigenvalue weighted by molar-refractivity contribution is 5.65. The Balaban J connectivity index is 2.36. The van der Waals surface area contributed by atoms with E-state index in [9.17, 15) is 4.79 Å². The lowest BCUT2D eigenvalue weighted by Crippen LogP contribution is -2.04. The van der Waals surface area contributed by atoms with Gasteiger partial charge in [-0.05, 0) is 36.1 Å². The Labute approximate surface area is 84.9 Å². The third-order valence-corrected chi connectivity index (χ3v) is 2.07. The predicted molar refractivity (Wildman–Crippen MR) is 53.8 cm³/mol. The normalized spacial score (nSPS) is 12.1. The number of carbonyl (C=O) groups is 1. The van der Waals surface area contributed by atoms with Crippen LogP contribution in [0.15, 0.2) is 18.2 Å². The summed E-state index contributed by atoms with van der Waals surface area (Å²) in [7, 11) is 0. The first kappa shape index (κ1) is 10.8. The molecule has 0 saturated carbocycles. The van der Waals surface area contributed by atoms with E-state index in [-0.39, 0.29) is 5.97 Å². The van der Waals surface area contributed by atoms with Crippen LogP contribution in [-0.4, -0.2) is 12.6 Å². The van der Waals surface area contributed by atoms with Crippen LogP contribution in [0.4, 0.5) is 0 Å². The molecule has 0 aliphatic heterocycles. The molecule has 0 spiro atoms. The van der Waals surface area contributed by atoms with Gasteiger partial charge in [-0.15, -0.1) is 0 Å². The van der Waals surface area contributed by atoms with E-state index in [1.807, 2.05) is 12.1 Å². The zero-order chi connectivity index (χ0) is 10.4. The van der Waals surface area contributed by atoms with Crippen molar-refractivity contribution in [3.63, 3.8) is 0 Å². The fraction of sp³-hybridized carbons (Fsp3) is 0.417. The smallest absolute Gasteiger partial charge is 0.302 e. The Morgan fingerprint density at radius 3 is 3.00 bits per heavy atom. The average Bonchev–Trinajstić information content (AvgIpc) is 2.18. The van der Waals surface area contributed by atoms with Crippen molar-refractivity contribution in [2.24, 2.45) is 0 Å². The Bertz CT molecular complexity index is 280. The van der Waals surface area contributed by atoms with Crippen LogP contribution < -0.4 is 0 Å². The fourth-order valence-corrected chi connectivity index (χ4v) is 1.20. The van der Waals surface area contributed by atoms with Gasteiger partial charge in [-0.1, -0.05) is 19.1 Å². The fourth-order valence-electron chi connectivity index (χ4n) is 1.20. The number of hydrogen-bond acceptors (Lipinski definition) is 2. The van der Waals surface area contributed by atoms with Gasteiger partial charge in [0.15, 0.2) is 0 Å². The second kappa shape index (κ2) is 5.43. The average molecular weight is 190 g/mol. The minimum Gasteiger partial charge on any atom is -0.466 e. The molecule has 1 aromatic carbocycles. The molecule has 14 heavy (non-hydrogen) atoms. The van der Waals surface area contributed by atoms with Gasteiger partial charge in [0.1, 0.15) is 0 Å². The van der Waals surface area contributed by atoms with Crippen LogP contribution in [0.25, 0.3) is 0 Å². The lowest BCUT2D eigenvalue weighted by molar-refractivity contribution is -0.141. The van der Waals surface area contributed by atoms with E-state index < -0.39 is 0 Å². The number of carbonyl (C=O) groups excluding carboxylic acids is 1. The second-order valence-electron chi connectivity index (χ2n) is 3.27. The maximum absolute atomic E-state index is 10.5. The van der Waals surface area contributed by atoms with E-state index in [0.717, 1.165) is 12.0 Å². The van der Waals surface area contributed by atoms with Gasteiger partial charge < -0.3 is 4.74 Å². The predicted octanol–water partition coefficient (Wildman–Crippen LogP) is 2.34. The van der Waals surface area contributed by atoms with Crippen LogP contribution in [0, 0.1) is 12.1 Å².